The maximum absolute atomic E-state index is 12.2. The Labute approximate surface area is 111 Å². The second-order valence-corrected chi connectivity index (χ2v) is 4.24. The summed E-state index contributed by atoms with van der Waals surface area (Å²) in [5.41, 5.74) is 1.83. The van der Waals surface area contributed by atoms with Gasteiger partial charge in [-0.1, -0.05) is 30.3 Å². The molecule has 0 bridgehead atoms. The Balaban J connectivity index is 2.21. The van der Waals surface area contributed by atoms with E-state index in [4.69, 9.17) is 0 Å². The first-order chi connectivity index (χ1) is 9.13. The first kappa shape index (κ1) is 13.1. The number of ketones is 1. The van der Waals surface area contributed by atoms with E-state index in [1.165, 1.54) is 7.11 Å². The quantitative estimate of drug-likeness (QED) is 0.623. The van der Waals surface area contributed by atoms with Crippen LogP contribution in [0.2, 0.25) is 0 Å². The van der Waals surface area contributed by atoms with Crippen molar-refractivity contribution >= 4 is 11.8 Å². The summed E-state index contributed by atoms with van der Waals surface area (Å²) in [5.74, 6) is -0.467. The highest BCUT2D eigenvalue weighted by atomic mass is 16.5. The van der Waals surface area contributed by atoms with Crippen LogP contribution in [0.1, 0.15) is 26.5 Å². The highest BCUT2D eigenvalue weighted by Gasteiger charge is 2.17. The number of carbonyl (C=O) groups excluding carboxylic acids is 2. The van der Waals surface area contributed by atoms with Crippen molar-refractivity contribution < 1.29 is 14.3 Å². The zero-order valence-electron chi connectivity index (χ0n) is 10.9. The van der Waals surface area contributed by atoms with Crippen LogP contribution in [0.15, 0.2) is 42.5 Å². The van der Waals surface area contributed by atoms with Crippen LogP contribution >= 0.6 is 0 Å². The number of hydrogen-bond donors (Lipinski definition) is 0. The summed E-state index contributed by atoms with van der Waals surface area (Å²) < 4.78 is 6.22. The lowest BCUT2D eigenvalue weighted by Crippen LogP contribution is -2.13. The molecule has 0 amide bonds. The van der Waals surface area contributed by atoms with Gasteiger partial charge in [0.2, 0.25) is 0 Å². The third-order valence-corrected chi connectivity index (χ3v) is 3.01. The highest BCUT2D eigenvalue weighted by molar-refractivity contribution is 5.98. The van der Waals surface area contributed by atoms with Gasteiger partial charge in [-0.05, 0) is 17.7 Å². The Bertz CT molecular complexity index is 599. The lowest BCUT2D eigenvalue weighted by molar-refractivity contribution is 0.0590. The number of hydrogen-bond acceptors (Lipinski definition) is 3. The third kappa shape index (κ3) is 2.73. The fourth-order valence-corrected chi connectivity index (χ4v) is 1.97. The molecule has 2 aromatic rings. The fraction of sp³-hybridized carbons (Fsp3) is 0.200. The van der Waals surface area contributed by atoms with Crippen LogP contribution in [0, 0.1) is 0 Å². The number of rotatable bonds is 4. The van der Waals surface area contributed by atoms with Gasteiger partial charge in [-0.25, -0.2) is 4.79 Å². The molecule has 0 aliphatic rings. The van der Waals surface area contributed by atoms with Gasteiger partial charge < -0.3 is 9.30 Å². The summed E-state index contributed by atoms with van der Waals surface area (Å²) in [6.45, 7) is 0. The van der Waals surface area contributed by atoms with Crippen LogP contribution < -0.4 is 0 Å². The van der Waals surface area contributed by atoms with E-state index in [9.17, 15) is 9.59 Å². The second kappa shape index (κ2) is 5.52. The van der Waals surface area contributed by atoms with Crippen molar-refractivity contribution in [3.05, 3.63) is 59.4 Å². The molecule has 4 heteroatoms. The lowest BCUT2D eigenvalue weighted by Gasteiger charge is -2.06. The summed E-state index contributed by atoms with van der Waals surface area (Å²) >= 11 is 0. The van der Waals surface area contributed by atoms with Gasteiger partial charge in [0.25, 0.3) is 0 Å². The molecule has 0 fully saturated rings. The van der Waals surface area contributed by atoms with E-state index < -0.39 is 5.97 Å². The van der Waals surface area contributed by atoms with Crippen molar-refractivity contribution in [3.63, 3.8) is 0 Å². The number of aromatic nitrogens is 1. The van der Waals surface area contributed by atoms with E-state index in [-0.39, 0.29) is 5.78 Å². The maximum Gasteiger partial charge on any atom is 0.354 e. The number of ether oxygens (including phenoxy) is 1. The zero-order chi connectivity index (χ0) is 13.8. The minimum Gasteiger partial charge on any atom is -0.464 e. The monoisotopic (exact) mass is 257 g/mol. The molecule has 0 radical (unpaired) electrons. The van der Waals surface area contributed by atoms with Crippen molar-refractivity contribution in [2.24, 2.45) is 7.05 Å². The number of nitrogens with zero attached hydrogens (tertiary/aromatic N) is 1. The van der Waals surface area contributed by atoms with Gasteiger partial charge in [0.05, 0.1) is 12.8 Å². The molecule has 98 valence electrons. The molecule has 2 rings (SSSR count). The lowest BCUT2D eigenvalue weighted by atomic mass is 10.1. The molecule has 1 aromatic heterocycles. The molecule has 4 nitrogen and oxygen atoms in total. The number of methoxy groups -OCH3 is 1. The van der Waals surface area contributed by atoms with Gasteiger partial charge in [-0.2, -0.15) is 0 Å². The van der Waals surface area contributed by atoms with Gasteiger partial charge >= 0.3 is 5.97 Å². The van der Waals surface area contributed by atoms with Crippen LogP contribution in [0.3, 0.4) is 0 Å². The van der Waals surface area contributed by atoms with Crippen molar-refractivity contribution in [1.29, 1.82) is 0 Å². The van der Waals surface area contributed by atoms with Gasteiger partial charge in [0.1, 0.15) is 5.69 Å². The van der Waals surface area contributed by atoms with Crippen molar-refractivity contribution in [2.75, 3.05) is 7.11 Å². The Morgan fingerprint density at radius 3 is 2.32 bits per heavy atom. The van der Waals surface area contributed by atoms with E-state index in [0.29, 0.717) is 17.8 Å². The van der Waals surface area contributed by atoms with Crippen LogP contribution in [0.25, 0.3) is 0 Å². The molecule has 0 aliphatic carbocycles. The van der Waals surface area contributed by atoms with Crippen molar-refractivity contribution in [2.45, 2.75) is 6.42 Å². The molecule has 0 saturated carbocycles. The van der Waals surface area contributed by atoms with Crippen LogP contribution in [-0.4, -0.2) is 23.4 Å². The Morgan fingerprint density at radius 2 is 1.68 bits per heavy atom. The summed E-state index contributed by atoms with van der Waals surface area (Å²) in [4.78, 5) is 23.7. The van der Waals surface area contributed by atoms with Gasteiger partial charge in [0, 0.05) is 13.5 Å². The zero-order valence-corrected chi connectivity index (χ0v) is 10.9. The largest absolute Gasteiger partial charge is 0.464 e. The average Bonchev–Trinajstić information content (AvgIpc) is 2.81. The van der Waals surface area contributed by atoms with Gasteiger partial charge in [0.15, 0.2) is 5.78 Å². The number of carbonyl (C=O) groups is 2. The highest BCUT2D eigenvalue weighted by Crippen LogP contribution is 2.12. The van der Waals surface area contributed by atoms with E-state index in [2.05, 4.69) is 4.74 Å². The molecule has 0 atom stereocenters. The topological polar surface area (TPSA) is 48.3 Å². The van der Waals surface area contributed by atoms with E-state index in [0.717, 1.165) is 5.56 Å². The van der Waals surface area contributed by atoms with Crippen molar-refractivity contribution in [3.8, 4) is 0 Å². The molecular weight excluding hydrogens is 242 g/mol. The normalized spacial score (nSPS) is 10.2. The van der Waals surface area contributed by atoms with Crippen molar-refractivity contribution in [1.82, 2.24) is 4.57 Å². The Kier molecular flexibility index (Phi) is 3.80. The fourth-order valence-electron chi connectivity index (χ4n) is 1.97. The molecule has 19 heavy (non-hydrogen) atoms. The molecule has 0 saturated heterocycles. The van der Waals surface area contributed by atoms with E-state index in [1.54, 1.807) is 23.7 Å². The maximum atomic E-state index is 12.2. The SMILES string of the molecule is COC(=O)c1ccc(C(=O)Cc2ccccc2)n1C. The predicted octanol–water partition coefficient (Wildman–Crippen LogP) is 2.24. The molecule has 0 aliphatic heterocycles. The van der Waals surface area contributed by atoms with Gasteiger partial charge in [-0.3, -0.25) is 4.79 Å². The second-order valence-electron chi connectivity index (χ2n) is 4.24. The summed E-state index contributed by atoms with van der Waals surface area (Å²) in [6.07, 6.45) is 0.319. The number of esters is 1. The van der Waals surface area contributed by atoms with Gasteiger partial charge in [-0.15, -0.1) is 0 Å². The number of benzene rings is 1. The number of Topliss-reactive ketones (excluding diaryl/α,β-unsaturated/α-hetero) is 1. The minimum atomic E-state index is -0.443. The third-order valence-electron chi connectivity index (χ3n) is 3.01. The molecule has 0 spiro atoms. The van der Waals surface area contributed by atoms with Crippen LogP contribution in [0.4, 0.5) is 0 Å². The average molecular weight is 257 g/mol. The molecule has 1 heterocycles. The Hall–Kier alpha value is -2.36. The summed E-state index contributed by atoms with van der Waals surface area (Å²) in [5, 5.41) is 0. The molecule has 1 aromatic carbocycles. The molecule has 0 unspecified atom stereocenters. The van der Waals surface area contributed by atoms with E-state index in [1.807, 2.05) is 30.3 Å². The van der Waals surface area contributed by atoms with E-state index >= 15 is 0 Å². The van der Waals surface area contributed by atoms with Crippen LogP contribution in [0.5, 0.6) is 0 Å². The minimum absolute atomic E-state index is 0.0242. The smallest absolute Gasteiger partial charge is 0.354 e. The Morgan fingerprint density at radius 1 is 1.05 bits per heavy atom. The standard InChI is InChI=1S/C15H15NO3/c1-16-12(8-9-13(16)15(18)19-2)14(17)10-11-6-4-3-5-7-11/h3-9H,10H2,1-2H3. The summed E-state index contributed by atoms with van der Waals surface area (Å²) in [7, 11) is 3.01. The molecule has 0 N–H and O–H groups in total. The first-order valence-corrected chi connectivity index (χ1v) is 5.94. The molecular formula is C15H15NO3. The first-order valence-electron chi connectivity index (χ1n) is 5.94. The predicted molar refractivity (Wildman–Crippen MR) is 71.2 cm³/mol. The summed E-state index contributed by atoms with van der Waals surface area (Å²) in [6, 6.07) is 12.8. The van der Waals surface area contributed by atoms with Crippen LogP contribution in [-0.2, 0) is 18.2 Å².